The molecule has 0 rings (SSSR count). The molecule has 0 saturated heterocycles. The molecule has 0 heterocycles. The Morgan fingerprint density at radius 3 is 1.86 bits per heavy atom. The lowest BCUT2D eigenvalue weighted by molar-refractivity contribution is -0.00231. The highest BCUT2D eigenvalue weighted by Crippen LogP contribution is 2.15. The molecular formula is C10H23NO3. The molecule has 4 nitrogen and oxygen atoms in total. The summed E-state index contributed by atoms with van der Waals surface area (Å²) in [6.07, 6.45) is 0. The van der Waals surface area contributed by atoms with E-state index in [0.29, 0.717) is 6.54 Å². The second kappa shape index (κ2) is 5.07. The van der Waals surface area contributed by atoms with Gasteiger partial charge in [-0.25, -0.2) is 0 Å². The molecule has 0 aliphatic heterocycles. The summed E-state index contributed by atoms with van der Waals surface area (Å²) in [6, 6.07) is 0. The van der Waals surface area contributed by atoms with Crippen LogP contribution in [0.25, 0.3) is 0 Å². The lowest BCUT2D eigenvalue weighted by Gasteiger charge is -2.34. The molecule has 0 saturated carbocycles. The van der Waals surface area contributed by atoms with E-state index in [2.05, 4.69) is 5.32 Å². The summed E-state index contributed by atoms with van der Waals surface area (Å²) >= 11 is 0. The van der Waals surface area contributed by atoms with Crippen molar-refractivity contribution < 1.29 is 15.3 Å². The zero-order chi connectivity index (χ0) is 11.4. The zero-order valence-corrected chi connectivity index (χ0v) is 9.54. The predicted octanol–water partition coefficient (Wildman–Crippen LogP) is -0.274. The molecule has 0 aliphatic rings. The van der Waals surface area contributed by atoms with Crippen LogP contribution in [0, 0.1) is 5.92 Å². The minimum absolute atomic E-state index is 0.122. The van der Waals surface area contributed by atoms with E-state index in [4.69, 9.17) is 10.2 Å². The van der Waals surface area contributed by atoms with Crippen LogP contribution in [0.15, 0.2) is 0 Å². The Balaban J connectivity index is 4.16. The van der Waals surface area contributed by atoms with Gasteiger partial charge in [0.05, 0.1) is 24.4 Å². The molecule has 0 radical (unpaired) electrons. The van der Waals surface area contributed by atoms with Crippen LogP contribution in [0.5, 0.6) is 0 Å². The molecule has 0 aliphatic carbocycles. The third kappa shape index (κ3) is 3.92. The van der Waals surface area contributed by atoms with Crippen molar-refractivity contribution in [2.75, 3.05) is 19.8 Å². The minimum Gasteiger partial charge on any atom is -0.394 e. The van der Waals surface area contributed by atoms with Gasteiger partial charge in [0.25, 0.3) is 0 Å². The molecule has 86 valence electrons. The molecule has 14 heavy (non-hydrogen) atoms. The van der Waals surface area contributed by atoms with E-state index < -0.39 is 11.1 Å². The monoisotopic (exact) mass is 205 g/mol. The van der Waals surface area contributed by atoms with Crippen LogP contribution in [-0.4, -0.2) is 46.2 Å². The Hall–Kier alpha value is -0.160. The molecule has 0 aromatic rings. The Kier molecular flexibility index (Phi) is 5.01. The number of aliphatic hydroxyl groups excluding tert-OH is 2. The number of rotatable bonds is 6. The Morgan fingerprint density at radius 1 is 1.14 bits per heavy atom. The van der Waals surface area contributed by atoms with Gasteiger partial charge < -0.3 is 20.6 Å². The van der Waals surface area contributed by atoms with Gasteiger partial charge in [-0.05, 0) is 19.8 Å². The number of β-amino-alcohol motifs (C(OH)–C–C–N with tert-alkyl or cyclic N) is 1. The fraction of sp³-hybridized carbons (Fsp3) is 1.00. The van der Waals surface area contributed by atoms with Gasteiger partial charge in [0, 0.05) is 6.54 Å². The van der Waals surface area contributed by atoms with Crippen LogP contribution in [0.3, 0.4) is 0 Å². The summed E-state index contributed by atoms with van der Waals surface area (Å²) in [4.78, 5) is 0. The summed E-state index contributed by atoms with van der Waals surface area (Å²) in [5.41, 5.74) is -1.55. The van der Waals surface area contributed by atoms with Gasteiger partial charge in [-0.1, -0.05) is 13.8 Å². The Bertz CT molecular complexity index is 160. The van der Waals surface area contributed by atoms with E-state index in [1.54, 1.807) is 13.8 Å². The highest BCUT2D eigenvalue weighted by Gasteiger charge is 2.29. The number of nitrogens with one attached hydrogen (secondary N) is 1. The van der Waals surface area contributed by atoms with E-state index in [9.17, 15) is 5.11 Å². The third-order valence-corrected chi connectivity index (χ3v) is 2.81. The molecule has 4 heteroatoms. The molecule has 0 aromatic heterocycles. The standard InChI is InChI=1S/C10H23NO3/c1-8(2)10(4,14)5-11-9(3,6-12)7-13/h8,11-14H,5-7H2,1-4H3. The predicted molar refractivity (Wildman–Crippen MR) is 56.0 cm³/mol. The van der Waals surface area contributed by atoms with Gasteiger partial charge >= 0.3 is 0 Å². The third-order valence-electron chi connectivity index (χ3n) is 2.81. The lowest BCUT2D eigenvalue weighted by Crippen LogP contribution is -2.55. The lowest BCUT2D eigenvalue weighted by atomic mass is 9.91. The Morgan fingerprint density at radius 2 is 1.57 bits per heavy atom. The maximum Gasteiger partial charge on any atom is 0.0766 e. The van der Waals surface area contributed by atoms with Crippen molar-refractivity contribution in [3.63, 3.8) is 0 Å². The smallest absolute Gasteiger partial charge is 0.0766 e. The molecular weight excluding hydrogens is 182 g/mol. The fourth-order valence-corrected chi connectivity index (χ4v) is 0.758. The van der Waals surface area contributed by atoms with Crippen LogP contribution < -0.4 is 5.32 Å². The van der Waals surface area contributed by atoms with Crippen molar-refractivity contribution in [2.24, 2.45) is 5.92 Å². The van der Waals surface area contributed by atoms with E-state index in [1.165, 1.54) is 0 Å². The zero-order valence-electron chi connectivity index (χ0n) is 9.54. The first kappa shape index (κ1) is 13.8. The van der Waals surface area contributed by atoms with Gasteiger partial charge in [0.2, 0.25) is 0 Å². The van der Waals surface area contributed by atoms with E-state index in [1.807, 2.05) is 13.8 Å². The summed E-state index contributed by atoms with van der Waals surface area (Å²) in [5, 5.41) is 30.9. The summed E-state index contributed by atoms with van der Waals surface area (Å²) in [5.74, 6) is 0.122. The molecule has 1 unspecified atom stereocenters. The van der Waals surface area contributed by atoms with Crippen molar-refractivity contribution in [2.45, 2.75) is 38.8 Å². The quantitative estimate of drug-likeness (QED) is 0.481. The summed E-state index contributed by atoms with van der Waals surface area (Å²) < 4.78 is 0. The molecule has 0 amide bonds. The van der Waals surface area contributed by atoms with Crippen LogP contribution in [0.2, 0.25) is 0 Å². The number of aliphatic hydroxyl groups is 3. The maximum absolute atomic E-state index is 9.92. The number of hydrogen-bond donors (Lipinski definition) is 4. The van der Waals surface area contributed by atoms with Crippen LogP contribution >= 0.6 is 0 Å². The summed E-state index contributed by atoms with van der Waals surface area (Å²) in [7, 11) is 0. The largest absolute Gasteiger partial charge is 0.394 e. The summed E-state index contributed by atoms with van der Waals surface area (Å²) in [6.45, 7) is 7.34. The van der Waals surface area contributed by atoms with E-state index in [0.717, 1.165) is 0 Å². The average molecular weight is 205 g/mol. The van der Waals surface area contributed by atoms with Gasteiger partial charge in [-0.3, -0.25) is 0 Å². The van der Waals surface area contributed by atoms with Gasteiger partial charge in [0.15, 0.2) is 0 Å². The molecule has 0 spiro atoms. The SMILES string of the molecule is CC(C)C(C)(O)CNC(C)(CO)CO. The normalized spacial score (nSPS) is 17.1. The second-order valence-electron chi connectivity index (χ2n) is 4.74. The van der Waals surface area contributed by atoms with Crippen LogP contribution in [0.4, 0.5) is 0 Å². The van der Waals surface area contributed by atoms with Crippen molar-refractivity contribution in [3.05, 3.63) is 0 Å². The van der Waals surface area contributed by atoms with Crippen molar-refractivity contribution in [1.82, 2.24) is 5.32 Å². The van der Waals surface area contributed by atoms with Gasteiger partial charge in [-0.2, -0.15) is 0 Å². The maximum atomic E-state index is 9.92. The van der Waals surface area contributed by atoms with Crippen LogP contribution in [0.1, 0.15) is 27.7 Å². The first-order chi connectivity index (χ1) is 6.27. The van der Waals surface area contributed by atoms with E-state index >= 15 is 0 Å². The topological polar surface area (TPSA) is 72.7 Å². The molecule has 0 bridgehead atoms. The van der Waals surface area contributed by atoms with Gasteiger partial charge in [-0.15, -0.1) is 0 Å². The Labute approximate surface area is 86.0 Å². The minimum atomic E-state index is -0.828. The second-order valence-corrected chi connectivity index (χ2v) is 4.74. The highest BCUT2D eigenvalue weighted by atomic mass is 16.3. The molecule has 0 fully saturated rings. The van der Waals surface area contributed by atoms with E-state index in [-0.39, 0.29) is 19.1 Å². The van der Waals surface area contributed by atoms with Gasteiger partial charge in [0.1, 0.15) is 0 Å². The highest BCUT2D eigenvalue weighted by molar-refractivity contribution is 4.87. The van der Waals surface area contributed by atoms with Crippen molar-refractivity contribution in [3.8, 4) is 0 Å². The fourth-order valence-electron chi connectivity index (χ4n) is 0.758. The van der Waals surface area contributed by atoms with Crippen LogP contribution in [-0.2, 0) is 0 Å². The molecule has 1 atom stereocenters. The molecule has 0 aromatic carbocycles. The average Bonchev–Trinajstić information content (AvgIpc) is 2.14. The first-order valence-electron chi connectivity index (χ1n) is 4.96. The van der Waals surface area contributed by atoms with Crippen molar-refractivity contribution >= 4 is 0 Å². The van der Waals surface area contributed by atoms with Crippen molar-refractivity contribution in [1.29, 1.82) is 0 Å². The molecule has 4 N–H and O–H groups in total. The number of hydrogen-bond acceptors (Lipinski definition) is 4. The first-order valence-corrected chi connectivity index (χ1v) is 4.96.